The normalized spacial score (nSPS) is 11.1. The molecule has 96 valence electrons. The van der Waals surface area contributed by atoms with Gasteiger partial charge in [0.2, 0.25) is 0 Å². The minimum atomic E-state index is 1.27. The molecule has 2 heteroatoms. The molecule has 1 heterocycles. The quantitative estimate of drug-likeness (QED) is 0.681. The molecule has 0 spiro atoms. The van der Waals surface area contributed by atoms with Gasteiger partial charge in [-0.2, -0.15) is 0 Å². The summed E-state index contributed by atoms with van der Waals surface area (Å²) >= 11 is 0. The Balaban J connectivity index is 2.89. The van der Waals surface area contributed by atoms with E-state index in [4.69, 9.17) is 0 Å². The van der Waals surface area contributed by atoms with Gasteiger partial charge < -0.3 is 0 Å². The lowest BCUT2D eigenvalue weighted by Gasteiger charge is -2.16. The number of benzene rings is 1. The maximum atomic E-state index is 2.23. The standard InChI is InChI=1S/C16H23N2/c1-10-11(2)13(4)15(14(5)12(10)3)16-17(6)8-9-18(16)7/h8-9H,1-7H3/q+1. The van der Waals surface area contributed by atoms with E-state index in [-0.39, 0.29) is 0 Å². The maximum absolute atomic E-state index is 2.23. The molecule has 0 aliphatic heterocycles. The first-order valence-electron chi connectivity index (χ1n) is 6.44. The van der Waals surface area contributed by atoms with Crippen molar-refractivity contribution in [3.05, 3.63) is 40.2 Å². The van der Waals surface area contributed by atoms with Crippen LogP contribution in [-0.2, 0) is 14.1 Å². The molecule has 0 aliphatic carbocycles. The fourth-order valence-electron chi connectivity index (χ4n) is 2.78. The Morgan fingerprint density at radius 1 is 0.833 bits per heavy atom. The van der Waals surface area contributed by atoms with E-state index in [0.29, 0.717) is 0 Å². The highest BCUT2D eigenvalue weighted by atomic mass is 15.1. The first-order chi connectivity index (χ1) is 8.36. The number of imidazole rings is 1. The molecular formula is C16H23N2+. The van der Waals surface area contributed by atoms with E-state index in [1.807, 2.05) is 0 Å². The summed E-state index contributed by atoms with van der Waals surface area (Å²) in [7, 11) is 4.22. The number of nitrogens with zero attached hydrogens (tertiary/aromatic N) is 2. The molecule has 0 saturated carbocycles. The van der Waals surface area contributed by atoms with Crippen LogP contribution in [0.15, 0.2) is 12.4 Å². The number of hydrogen-bond donors (Lipinski definition) is 0. The second-order valence-electron chi connectivity index (χ2n) is 5.34. The summed E-state index contributed by atoms with van der Waals surface area (Å²) in [4.78, 5) is 0. The van der Waals surface area contributed by atoms with E-state index in [0.717, 1.165) is 0 Å². The second-order valence-corrected chi connectivity index (χ2v) is 5.34. The maximum Gasteiger partial charge on any atom is 0.288 e. The Labute approximate surface area is 110 Å². The summed E-state index contributed by atoms with van der Waals surface area (Å²) < 4.78 is 4.40. The van der Waals surface area contributed by atoms with Crippen molar-refractivity contribution in [1.29, 1.82) is 0 Å². The second kappa shape index (κ2) is 4.27. The van der Waals surface area contributed by atoms with Crippen LogP contribution in [0.4, 0.5) is 0 Å². The molecule has 0 fully saturated rings. The Kier molecular flexibility index (Phi) is 3.05. The van der Waals surface area contributed by atoms with Crippen LogP contribution in [0.25, 0.3) is 11.4 Å². The minimum absolute atomic E-state index is 1.27. The van der Waals surface area contributed by atoms with Crippen LogP contribution >= 0.6 is 0 Å². The van der Waals surface area contributed by atoms with E-state index >= 15 is 0 Å². The number of aromatic nitrogens is 2. The van der Waals surface area contributed by atoms with Crippen LogP contribution in [0.5, 0.6) is 0 Å². The van der Waals surface area contributed by atoms with Crippen molar-refractivity contribution in [2.75, 3.05) is 0 Å². The zero-order valence-corrected chi connectivity index (χ0v) is 12.5. The third-order valence-electron chi connectivity index (χ3n) is 4.41. The fraction of sp³-hybridized carbons (Fsp3) is 0.438. The van der Waals surface area contributed by atoms with Gasteiger partial charge in [-0.25, -0.2) is 9.13 Å². The molecule has 0 unspecified atom stereocenters. The van der Waals surface area contributed by atoms with Crippen molar-refractivity contribution in [1.82, 2.24) is 4.57 Å². The Hall–Kier alpha value is -1.57. The van der Waals surface area contributed by atoms with Gasteiger partial charge in [0.1, 0.15) is 12.4 Å². The van der Waals surface area contributed by atoms with Crippen LogP contribution in [0.1, 0.15) is 27.8 Å². The third-order valence-corrected chi connectivity index (χ3v) is 4.41. The molecule has 2 rings (SSSR count). The van der Waals surface area contributed by atoms with Crippen LogP contribution in [-0.4, -0.2) is 4.57 Å². The molecule has 0 amide bonds. The van der Waals surface area contributed by atoms with E-state index in [9.17, 15) is 0 Å². The van der Waals surface area contributed by atoms with Crippen molar-refractivity contribution in [3.8, 4) is 11.4 Å². The van der Waals surface area contributed by atoms with E-state index in [1.54, 1.807) is 0 Å². The van der Waals surface area contributed by atoms with Crippen LogP contribution in [0, 0.1) is 34.6 Å². The van der Waals surface area contributed by atoms with Gasteiger partial charge in [0.25, 0.3) is 5.82 Å². The van der Waals surface area contributed by atoms with Gasteiger partial charge in [-0.3, -0.25) is 0 Å². The highest BCUT2D eigenvalue weighted by Crippen LogP contribution is 2.32. The summed E-state index contributed by atoms with van der Waals surface area (Å²) in [6, 6.07) is 0. The van der Waals surface area contributed by atoms with Gasteiger partial charge in [0, 0.05) is 0 Å². The van der Waals surface area contributed by atoms with Gasteiger partial charge in [-0.1, -0.05) is 0 Å². The molecule has 1 aromatic carbocycles. The van der Waals surface area contributed by atoms with Gasteiger partial charge in [-0.15, -0.1) is 0 Å². The Morgan fingerprint density at radius 3 is 1.67 bits per heavy atom. The molecule has 0 atom stereocenters. The van der Waals surface area contributed by atoms with E-state index in [2.05, 4.69) is 70.2 Å². The number of rotatable bonds is 1. The Bertz CT molecular complexity index is 570. The topological polar surface area (TPSA) is 8.81 Å². The van der Waals surface area contributed by atoms with Crippen molar-refractivity contribution in [2.45, 2.75) is 34.6 Å². The molecule has 0 aliphatic rings. The predicted octanol–water partition coefficient (Wildman–Crippen LogP) is 3.06. The van der Waals surface area contributed by atoms with E-state index in [1.165, 1.54) is 39.2 Å². The summed E-state index contributed by atoms with van der Waals surface area (Å²) in [5, 5.41) is 0. The Morgan fingerprint density at radius 2 is 1.28 bits per heavy atom. The van der Waals surface area contributed by atoms with Gasteiger partial charge in [0.05, 0.1) is 19.7 Å². The minimum Gasteiger partial charge on any atom is -0.233 e. The summed E-state index contributed by atoms with van der Waals surface area (Å²) in [5.74, 6) is 1.27. The van der Waals surface area contributed by atoms with Crippen molar-refractivity contribution in [3.63, 3.8) is 0 Å². The molecular weight excluding hydrogens is 220 g/mol. The summed E-state index contributed by atoms with van der Waals surface area (Å²) in [6.45, 7) is 11.1. The third kappa shape index (κ3) is 1.67. The number of aryl methyl sites for hydroxylation is 2. The zero-order chi connectivity index (χ0) is 13.6. The van der Waals surface area contributed by atoms with Crippen molar-refractivity contribution < 1.29 is 4.57 Å². The lowest BCUT2D eigenvalue weighted by atomic mass is 9.89. The molecule has 2 aromatic rings. The van der Waals surface area contributed by atoms with Gasteiger partial charge >= 0.3 is 0 Å². The van der Waals surface area contributed by atoms with Gasteiger partial charge in [-0.05, 0) is 62.4 Å². The summed E-state index contributed by atoms with van der Waals surface area (Å²) in [6.07, 6.45) is 4.22. The fourth-order valence-corrected chi connectivity index (χ4v) is 2.78. The van der Waals surface area contributed by atoms with Crippen LogP contribution in [0.3, 0.4) is 0 Å². The zero-order valence-electron chi connectivity index (χ0n) is 12.5. The first-order valence-corrected chi connectivity index (χ1v) is 6.44. The molecule has 2 nitrogen and oxygen atoms in total. The highest BCUT2D eigenvalue weighted by Gasteiger charge is 2.22. The number of hydrogen-bond acceptors (Lipinski definition) is 0. The highest BCUT2D eigenvalue weighted by molar-refractivity contribution is 5.68. The lowest BCUT2D eigenvalue weighted by Crippen LogP contribution is -2.29. The summed E-state index contributed by atoms with van der Waals surface area (Å²) in [5.41, 5.74) is 8.42. The average Bonchev–Trinajstić information content (AvgIpc) is 2.66. The monoisotopic (exact) mass is 243 g/mol. The SMILES string of the molecule is Cc1c(C)c(C)c(-c2n(C)cc[n+]2C)c(C)c1C. The molecule has 0 saturated heterocycles. The van der Waals surface area contributed by atoms with Crippen molar-refractivity contribution in [2.24, 2.45) is 14.1 Å². The van der Waals surface area contributed by atoms with Crippen LogP contribution in [0.2, 0.25) is 0 Å². The van der Waals surface area contributed by atoms with Gasteiger partial charge in [0.15, 0.2) is 0 Å². The van der Waals surface area contributed by atoms with E-state index < -0.39 is 0 Å². The lowest BCUT2D eigenvalue weighted by molar-refractivity contribution is -0.659. The smallest absolute Gasteiger partial charge is 0.233 e. The molecule has 0 N–H and O–H groups in total. The molecule has 0 bridgehead atoms. The predicted molar refractivity (Wildman–Crippen MR) is 75.7 cm³/mol. The van der Waals surface area contributed by atoms with Crippen LogP contribution < -0.4 is 4.57 Å². The van der Waals surface area contributed by atoms with Crippen molar-refractivity contribution >= 4 is 0 Å². The molecule has 0 radical (unpaired) electrons. The molecule has 18 heavy (non-hydrogen) atoms. The average molecular weight is 243 g/mol. The first kappa shape index (κ1) is 12.9. The largest absolute Gasteiger partial charge is 0.288 e. The molecule has 1 aromatic heterocycles.